The third kappa shape index (κ3) is 8.16. The van der Waals surface area contributed by atoms with E-state index in [2.05, 4.69) is 5.32 Å². The molecule has 0 saturated carbocycles. The first-order valence-corrected chi connectivity index (χ1v) is 15.4. The quantitative estimate of drug-likeness (QED) is 0.193. The van der Waals surface area contributed by atoms with Gasteiger partial charge in [0.2, 0.25) is 5.91 Å². The van der Waals surface area contributed by atoms with Gasteiger partial charge in [0, 0.05) is 13.5 Å². The van der Waals surface area contributed by atoms with Crippen molar-refractivity contribution in [3.05, 3.63) is 95.6 Å². The van der Waals surface area contributed by atoms with Crippen molar-refractivity contribution in [1.82, 2.24) is 10.2 Å². The van der Waals surface area contributed by atoms with Gasteiger partial charge in [0.1, 0.15) is 11.6 Å². The highest BCUT2D eigenvalue weighted by molar-refractivity contribution is 5.96. The van der Waals surface area contributed by atoms with E-state index >= 15 is 0 Å². The summed E-state index contributed by atoms with van der Waals surface area (Å²) in [5.74, 6) is -1.49. The number of hydrogen-bond donors (Lipinski definition) is 2. The number of carbonyl (C=O) groups is 4. The normalized spacial score (nSPS) is 14.3. The van der Waals surface area contributed by atoms with E-state index in [-0.39, 0.29) is 12.8 Å². The molecule has 0 aliphatic heterocycles. The maximum Gasteiger partial charge on any atom is 0.410 e. The highest BCUT2D eigenvalue weighted by atomic mass is 16.6. The number of amides is 2. The van der Waals surface area contributed by atoms with Crippen LogP contribution in [0.5, 0.6) is 0 Å². The number of rotatable bonds is 14. The molecule has 45 heavy (non-hydrogen) atoms. The van der Waals surface area contributed by atoms with Crippen molar-refractivity contribution in [2.45, 2.75) is 76.2 Å². The molecule has 1 aliphatic rings. The molecule has 3 aromatic carbocycles. The number of nitrogens with one attached hydrogen (secondary N) is 1. The molecular weight excluding hydrogens is 570 g/mol. The third-order valence-corrected chi connectivity index (χ3v) is 8.00. The van der Waals surface area contributed by atoms with Gasteiger partial charge in [-0.2, -0.15) is 0 Å². The number of Topliss-reactive ketones (excluding diaryl/α,β-unsaturated/α-hetero) is 1. The summed E-state index contributed by atoms with van der Waals surface area (Å²) >= 11 is 0. The number of hydrogen-bond acceptors (Lipinski definition) is 7. The Hall–Kier alpha value is -4.50. The van der Waals surface area contributed by atoms with Crippen molar-refractivity contribution in [3.8, 4) is 11.1 Å². The van der Waals surface area contributed by atoms with Crippen molar-refractivity contribution in [2.75, 3.05) is 13.6 Å². The second-order valence-electron chi connectivity index (χ2n) is 12.3. The van der Waals surface area contributed by atoms with Gasteiger partial charge < -0.3 is 20.5 Å². The Morgan fingerprint density at radius 3 is 2.04 bits per heavy atom. The van der Waals surface area contributed by atoms with E-state index in [1.54, 1.807) is 20.8 Å². The lowest BCUT2D eigenvalue weighted by molar-refractivity contribution is -0.146. The number of likely N-dealkylation sites (N-methyl/N-ethyl adjacent to an activating group) is 1. The molecular formula is C36H43N3O6. The minimum absolute atomic E-state index is 0.198. The molecule has 0 bridgehead atoms. The van der Waals surface area contributed by atoms with E-state index in [9.17, 15) is 19.2 Å². The molecule has 0 fully saturated rings. The zero-order valence-electron chi connectivity index (χ0n) is 26.4. The fourth-order valence-electron chi connectivity index (χ4n) is 5.84. The first kappa shape index (κ1) is 33.4. The van der Waals surface area contributed by atoms with Crippen molar-refractivity contribution >= 4 is 24.3 Å². The molecule has 3 atom stereocenters. The molecule has 3 aromatic rings. The number of nitrogens with two attached hydrogens (primary N) is 1. The van der Waals surface area contributed by atoms with Crippen molar-refractivity contribution in [2.24, 2.45) is 5.73 Å². The molecule has 0 aromatic heterocycles. The minimum atomic E-state index is -1.19. The molecule has 2 amide bonds. The SMILES string of the molecule is CN(C(=O)OC(C)(C)C)[C@@H](Cc1ccccc1)C(=O)N[C@@H](CCCCN)C(=O)C(OC=O)C1c2ccccc2-c2ccccc21. The van der Waals surface area contributed by atoms with Crippen LogP contribution in [-0.2, 0) is 30.3 Å². The Labute approximate surface area is 265 Å². The average molecular weight is 614 g/mol. The van der Waals surface area contributed by atoms with Gasteiger partial charge in [-0.15, -0.1) is 0 Å². The zero-order valence-corrected chi connectivity index (χ0v) is 26.4. The summed E-state index contributed by atoms with van der Waals surface area (Å²) < 4.78 is 11.1. The Morgan fingerprint density at radius 2 is 1.49 bits per heavy atom. The smallest absolute Gasteiger partial charge is 0.410 e. The van der Waals surface area contributed by atoms with Gasteiger partial charge >= 0.3 is 6.09 Å². The molecule has 0 spiro atoms. The summed E-state index contributed by atoms with van der Waals surface area (Å²) in [7, 11) is 1.51. The predicted octanol–water partition coefficient (Wildman–Crippen LogP) is 5.00. The van der Waals surface area contributed by atoms with Crippen LogP contribution >= 0.6 is 0 Å². The second kappa shape index (κ2) is 15.0. The summed E-state index contributed by atoms with van der Waals surface area (Å²) in [6.45, 7) is 5.97. The topological polar surface area (TPSA) is 128 Å². The van der Waals surface area contributed by atoms with Crippen LogP contribution in [0.15, 0.2) is 78.9 Å². The van der Waals surface area contributed by atoms with Gasteiger partial charge in [0.25, 0.3) is 6.47 Å². The summed E-state index contributed by atoms with van der Waals surface area (Å²) in [6, 6.07) is 22.8. The van der Waals surface area contributed by atoms with Gasteiger partial charge in [-0.25, -0.2) is 4.79 Å². The number of ether oxygens (including phenoxy) is 2. The van der Waals surface area contributed by atoms with Gasteiger partial charge in [0.15, 0.2) is 11.9 Å². The molecule has 1 aliphatic carbocycles. The molecule has 9 nitrogen and oxygen atoms in total. The maximum atomic E-state index is 14.4. The van der Waals surface area contributed by atoms with Gasteiger partial charge in [-0.05, 0) is 74.4 Å². The Kier molecular flexibility index (Phi) is 11.1. The van der Waals surface area contributed by atoms with E-state index in [0.717, 1.165) is 27.8 Å². The lowest BCUT2D eigenvalue weighted by atomic mass is 9.85. The third-order valence-electron chi connectivity index (χ3n) is 8.00. The van der Waals surface area contributed by atoms with Crippen LogP contribution in [0.1, 0.15) is 62.6 Å². The van der Waals surface area contributed by atoms with Crippen LogP contribution < -0.4 is 11.1 Å². The Morgan fingerprint density at radius 1 is 0.911 bits per heavy atom. The largest absolute Gasteiger partial charge is 0.455 e. The van der Waals surface area contributed by atoms with Gasteiger partial charge in [-0.1, -0.05) is 78.9 Å². The Bertz CT molecular complexity index is 1440. The summed E-state index contributed by atoms with van der Waals surface area (Å²) in [4.78, 5) is 54.7. The molecule has 4 rings (SSSR count). The summed E-state index contributed by atoms with van der Waals surface area (Å²) in [5, 5.41) is 2.93. The van der Waals surface area contributed by atoms with Crippen LogP contribution in [0.25, 0.3) is 11.1 Å². The van der Waals surface area contributed by atoms with E-state index in [4.69, 9.17) is 15.2 Å². The molecule has 1 unspecified atom stereocenters. The van der Waals surface area contributed by atoms with Gasteiger partial charge in [-0.3, -0.25) is 19.3 Å². The van der Waals surface area contributed by atoms with Crippen molar-refractivity contribution < 1.29 is 28.7 Å². The second-order valence-corrected chi connectivity index (χ2v) is 12.3. The highest BCUT2D eigenvalue weighted by Gasteiger charge is 2.42. The van der Waals surface area contributed by atoms with Crippen LogP contribution in [0, 0.1) is 0 Å². The predicted molar refractivity (Wildman–Crippen MR) is 172 cm³/mol. The highest BCUT2D eigenvalue weighted by Crippen LogP contribution is 2.47. The van der Waals surface area contributed by atoms with Crippen molar-refractivity contribution in [3.63, 3.8) is 0 Å². The van der Waals surface area contributed by atoms with Gasteiger partial charge in [0.05, 0.1) is 12.0 Å². The van der Waals surface area contributed by atoms with Crippen molar-refractivity contribution in [1.29, 1.82) is 0 Å². The van der Waals surface area contributed by atoms with Crippen LogP contribution in [-0.4, -0.2) is 66.5 Å². The summed E-state index contributed by atoms with van der Waals surface area (Å²) in [6.07, 6.45) is -0.171. The molecule has 0 saturated heterocycles. The molecule has 238 valence electrons. The fourth-order valence-corrected chi connectivity index (χ4v) is 5.84. The average Bonchev–Trinajstić information content (AvgIpc) is 3.35. The number of fused-ring (bicyclic) bond motifs is 3. The number of carbonyl (C=O) groups excluding carboxylic acids is 4. The molecule has 0 radical (unpaired) electrons. The van der Waals surface area contributed by atoms with E-state index in [0.29, 0.717) is 25.9 Å². The fraction of sp³-hybridized carbons (Fsp3) is 0.389. The zero-order chi connectivity index (χ0) is 32.6. The molecule has 0 heterocycles. The molecule has 3 N–H and O–H groups in total. The summed E-state index contributed by atoms with van der Waals surface area (Å²) in [5.41, 5.74) is 9.51. The number of nitrogens with zero attached hydrogens (tertiary/aromatic N) is 1. The number of unbranched alkanes of at least 4 members (excludes halogenated alkanes) is 1. The van der Waals surface area contributed by atoms with E-state index in [1.807, 2.05) is 78.9 Å². The van der Waals surface area contributed by atoms with Crippen LogP contribution in [0.2, 0.25) is 0 Å². The standard InChI is InChI=1S/C36H43N3O6/c1-36(2,3)45-35(43)39(4)30(22-24-14-6-5-7-15-24)34(42)38-29(20-12-13-21-37)32(41)33(44-23-40)31-27-18-10-8-16-25(27)26-17-9-11-19-28(26)31/h5-11,14-19,23,29-31,33H,12-13,20-22,37H2,1-4H3,(H,38,42)/t29-,30-,33?/m0/s1. The minimum Gasteiger partial charge on any atom is -0.455 e. The Balaban J connectivity index is 1.67. The number of benzene rings is 3. The maximum absolute atomic E-state index is 14.4. The van der Waals surface area contributed by atoms with E-state index < -0.39 is 47.5 Å². The number of ketones is 1. The van der Waals surface area contributed by atoms with E-state index in [1.165, 1.54) is 11.9 Å². The lowest BCUT2D eigenvalue weighted by Crippen LogP contribution is -2.55. The van der Waals surface area contributed by atoms with Crippen LogP contribution in [0.3, 0.4) is 0 Å². The lowest BCUT2D eigenvalue weighted by Gasteiger charge is -2.32. The van der Waals surface area contributed by atoms with Crippen LogP contribution in [0.4, 0.5) is 4.79 Å². The monoisotopic (exact) mass is 613 g/mol. The molecule has 9 heteroatoms. The first-order chi connectivity index (χ1) is 21.6. The first-order valence-electron chi connectivity index (χ1n) is 15.4.